The summed E-state index contributed by atoms with van der Waals surface area (Å²) in [5.74, 6) is 0.132. The molecule has 1 unspecified atom stereocenters. The molecule has 156 valence electrons. The maximum atomic E-state index is 12.6. The molecule has 0 aromatic heterocycles. The van der Waals surface area contributed by atoms with Gasteiger partial charge in [0.2, 0.25) is 0 Å². The first kappa shape index (κ1) is 24.8. The van der Waals surface area contributed by atoms with E-state index in [0.29, 0.717) is 0 Å². The monoisotopic (exact) mass is 415 g/mol. The van der Waals surface area contributed by atoms with Crippen LogP contribution < -0.4 is 4.72 Å². The Kier molecular flexibility index (Phi) is 9.15. The van der Waals surface area contributed by atoms with E-state index >= 15 is 0 Å². The van der Waals surface area contributed by atoms with Crippen molar-refractivity contribution in [2.24, 2.45) is 17.3 Å². The second-order valence-corrected chi connectivity index (χ2v) is 11.7. The highest BCUT2D eigenvalue weighted by Gasteiger charge is 2.42. The van der Waals surface area contributed by atoms with Gasteiger partial charge in [0.1, 0.15) is 5.25 Å². The molecule has 2 N–H and O–H groups in total. The summed E-state index contributed by atoms with van der Waals surface area (Å²) in [6.45, 7) is 16.7. The van der Waals surface area contributed by atoms with Crippen LogP contribution in [0.3, 0.4) is 0 Å². The molecular formula is C22H38ClNO2S. The molecule has 0 spiro atoms. The SMILES string of the molecule is CC(C)C(CO)[C@@](C)(N[S@@+]([O-])C(C)C)c1ccc(CCC(C)(C)C)c(Cl)c1. The van der Waals surface area contributed by atoms with Crippen molar-refractivity contribution in [3.05, 3.63) is 34.3 Å². The quantitative estimate of drug-likeness (QED) is 0.526. The molecule has 3 atom stereocenters. The lowest BCUT2D eigenvalue weighted by atomic mass is 9.74. The van der Waals surface area contributed by atoms with Crippen molar-refractivity contribution < 1.29 is 9.66 Å². The van der Waals surface area contributed by atoms with Crippen LogP contribution in [0.2, 0.25) is 5.02 Å². The number of benzene rings is 1. The van der Waals surface area contributed by atoms with Gasteiger partial charge in [0.15, 0.2) is 0 Å². The van der Waals surface area contributed by atoms with E-state index in [2.05, 4.69) is 51.5 Å². The highest BCUT2D eigenvalue weighted by molar-refractivity contribution is 7.90. The minimum Gasteiger partial charge on any atom is -0.598 e. The molecule has 0 aliphatic heterocycles. The molecule has 1 rings (SSSR count). The van der Waals surface area contributed by atoms with E-state index in [1.807, 2.05) is 26.8 Å². The van der Waals surface area contributed by atoms with Crippen molar-refractivity contribution >= 4 is 23.0 Å². The number of halogens is 1. The van der Waals surface area contributed by atoms with Gasteiger partial charge in [-0.3, -0.25) is 0 Å². The van der Waals surface area contributed by atoms with Crippen LogP contribution >= 0.6 is 11.6 Å². The minimum atomic E-state index is -1.21. The fraction of sp³-hybridized carbons (Fsp3) is 0.727. The first-order valence-corrected chi connectivity index (χ1v) is 11.5. The molecule has 0 amide bonds. The molecule has 3 nitrogen and oxygen atoms in total. The molecule has 5 heteroatoms. The average molecular weight is 416 g/mol. The topological polar surface area (TPSA) is 55.3 Å². The third-order valence-electron chi connectivity index (χ3n) is 5.28. The van der Waals surface area contributed by atoms with Gasteiger partial charge in [0, 0.05) is 28.9 Å². The summed E-state index contributed by atoms with van der Waals surface area (Å²) in [6.07, 6.45) is 1.99. The molecular weight excluding hydrogens is 378 g/mol. The molecule has 0 radical (unpaired) electrons. The van der Waals surface area contributed by atoms with Gasteiger partial charge >= 0.3 is 0 Å². The van der Waals surface area contributed by atoms with Crippen molar-refractivity contribution in [3.63, 3.8) is 0 Å². The van der Waals surface area contributed by atoms with E-state index in [4.69, 9.17) is 11.6 Å². The molecule has 27 heavy (non-hydrogen) atoms. The second kappa shape index (κ2) is 9.98. The zero-order valence-corrected chi connectivity index (χ0v) is 19.8. The van der Waals surface area contributed by atoms with Crippen molar-refractivity contribution in [1.29, 1.82) is 0 Å². The maximum absolute atomic E-state index is 12.6. The molecule has 1 aromatic rings. The van der Waals surface area contributed by atoms with Crippen LogP contribution in [0.15, 0.2) is 18.2 Å². The van der Waals surface area contributed by atoms with Gasteiger partial charge in [-0.2, -0.15) is 0 Å². The van der Waals surface area contributed by atoms with Crippen molar-refractivity contribution in [1.82, 2.24) is 4.72 Å². The zero-order valence-electron chi connectivity index (χ0n) is 18.2. The van der Waals surface area contributed by atoms with Gasteiger partial charge in [0.25, 0.3) is 0 Å². The smallest absolute Gasteiger partial charge is 0.129 e. The number of rotatable bonds is 9. The Morgan fingerprint density at radius 1 is 1.15 bits per heavy atom. The Morgan fingerprint density at radius 3 is 2.15 bits per heavy atom. The summed E-state index contributed by atoms with van der Waals surface area (Å²) in [5, 5.41) is 10.8. The Labute approximate surface area is 174 Å². The molecule has 1 aromatic carbocycles. The van der Waals surface area contributed by atoms with Crippen LogP contribution in [-0.2, 0) is 23.3 Å². The summed E-state index contributed by atoms with van der Waals surface area (Å²) >= 11 is 5.41. The summed E-state index contributed by atoms with van der Waals surface area (Å²) in [5.41, 5.74) is 1.72. The van der Waals surface area contributed by atoms with E-state index in [1.165, 1.54) is 0 Å². The lowest BCUT2D eigenvalue weighted by Crippen LogP contribution is -2.53. The Morgan fingerprint density at radius 2 is 1.74 bits per heavy atom. The van der Waals surface area contributed by atoms with E-state index in [9.17, 15) is 9.66 Å². The van der Waals surface area contributed by atoms with Gasteiger partial charge in [-0.25, -0.2) is 0 Å². The predicted octanol–water partition coefficient (Wildman–Crippen LogP) is 5.46. The second-order valence-electron chi connectivity index (χ2n) is 9.55. The molecule has 0 aliphatic carbocycles. The van der Waals surface area contributed by atoms with Crippen LogP contribution in [0.4, 0.5) is 0 Å². The van der Waals surface area contributed by atoms with E-state index in [0.717, 1.165) is 29.0 Å². The van der Waals surface area contributed by atoms with E-state index < -0.39 is 16.9 Å². The van der Waals surface area contributed by atoms with Gasteiger partial charge in [0.05, 0.1) is 5.54 Å². The number of hydrogen-bond acceptors (Lipinski definition) is 3. The lowest BCUT2D eigenvalue weighted by Gasteiger charge is -2.40. The number of aliphatic hydroxyl groups is 1. The Hall–Kier alpha value is -0.260. The summed E-state index contributed by atoms with van der Waals surface area (Å²) in [6, 6.07) is 6.13. The first-order chi connectivity index (χ1) is 12.3. The average Bonchev–Trinajstić information content (AvgIpc) is 2.52. The third kappa shape index (κ3) is 6.93. The van der Waals surface area contributed by atoms with Crippen molar-refractivity contribution in [2.75, 3.05) is 6.61 Å². The highest BCUT2D eigenvalue weighted by Crippen LogP contribution is 2.37. The fourth-order valence-electron chi connectivity index (χ4n) is 3.32. The first-order valence-electron chi connectivity index (χ1n) is 9.90. The summed E-state index contributed by atoms with van der Waals surface area (Å²) < 4.78 is 15.9. The minimum absolute atomic E-state index is 0.0137. The van der Waals surface area contributed by atoms with Gasteiger partial charge in [-0.05, 0) is 62.1 Å². The Balaban J connectivity index is 3.27. The lowest BCUT2D eigenvalue weighted by molar-refractivity contribution is 0.110. The van der Waals surface area contributed by atoms with E-state index in [-0.39, 0.29) is 29.1 Å². The number of aliphatic hydroxyl groups excluding tert-OH is 1. The normalized spacial score (nSPS) is 17.2. The molecule has 0 saturated carbocycles. The molecule has 0 saturated heterocycles. The summed E-state index contributed by atoms with van der Waals surface area (Å²) in [4.78, 5) is 0. The van der Waals surface area contributed by atoms with Crippen LogP contribution in [0, 0.1) is 17.3 Å². The largest absolute Gasteiger partial charge is 0.598 e. The van der Waals surface area contributed by atoms with Gasteiger partial charge < -0.3 is 9.66 Å². The van der Waals surface area contributed by atoms with Crippen molar-refractivity contribution in [2.45, 2.75) is 79.0 Å². The third-order valence-corrected chi connectivity index (χ3v) is 7.11. The van der Waals surface area contributed by atoms with Crippen LogP contribution in [0.1, 0.15) is 72.9 Å². The predicted molar refractivity (Wildman–Crippen MR) is 118 cm³/mol. The Bertz CT molecular complexity index is 600. The highest BCUT2D eigenvalue weighted by atomic mass is 35.5. The zero-order chi connectivity index (χ0) is 21.0. The van der Waals surface area contributed by atoms with E-state index in [1.54, 1.807) is 0 Å². The van der Waals surface area contributed by atoms with Crippen molar-refractivity contribution in [3.8, 4) is 0 Å². The number of hydrogen-bond donors (Lipinski definition) is 2. The number of aryl methyl sites for hydroxylation is 1. The van der Waals surface area contributed by atoms with Gasteiger partial charge in [-0.1, -0.05) is 58.4 Å². The van der Waals surface area contributed by atoms with Crippen LogP contribution in [-0.4, -0.2) is 21.5 Å². The van der Waals surface area contributed by atoms with Crippen LogP contribution in [0.25, 0.3) is 0 Å². The molecule has 0 fully saturated rings. The fourth-order valence-corrected chi connectivity index (χ4v) is 4.52. The molecule has 0 aliphatic rings. The maximum Gasteiger partial charge on any atom is 0.129 e. The van der Waals surface area contributed by atoms with Crippen LogP contribution in [0.5, 0.6) is 0 Å². The van der Waals surface area contributed by atoms with Gasteiger partial charge in [-0.15, -0.1) is 4.72 Å². The molecule has 0 heterocycles. The number of nitrogens with one attached hydrogen (secondary N) is 1. The standard InChI is InChI=1S/C22H38ClNO2S/c1-15(2)19(14-25)22(8,24-27(26)16(3)4)18-10-9-17(20(23)13-18)11-12-21(5,6)7/h9-10,13,15-16,19,24-25H,11-12,14H2,1-8H3/t19?,22-,27-/m0/s1. The summed E-state index contributed by atoms with van der Waals surface area (Å²) in [7, 11) is 0. The molecule has 0 bridgehead atoms.